The number of amides is 1. The molecule has 0 bridgehead atoms. The summed E-state index contributed by atoms with van der Waals surface area (Å²) in [6, 6.07) is 4.06. The van der Waals surface area contributed by atoms with Crippen molar-refractivity contribution >= 4 is 11.7 Å². The zero-order valence-electron chi connectivity index (χ0n) is 10.4. The Morgan fingerprint density at radius 2 is 2.24 bits per heavy atom. The fourth-order valence-electron chi connectivity index (χ4n) is 2.60. The molecule has 90 valence electrons. The van der Waals surface area contributed by atoms with Gasteiger partial charge in [0, 0.05) is 18.7 Å². The maximum absolute atomic E-state index is 12.1. The van der Waals surface area contributed by atoms with Gasteiger partial charge in [-0.1, -0.05) is 19.9 Å². The lowest BCUT2D eigenvalue weighted by atomic mass is 10.1. The van der Waals surface area contributed by atoms with Crippen LogP contribution >= 0.6 is 0 Å². The van der Waals surface area contributed by atoms with Gasteiger partial charge in [0.25, 0.3) is 0 Å². The second kappa shape index (κ2) is 3.83. The zero-order valence-corrected chi connectivity index (χ0v) is 10.4. The third kappa shape index (κ3) is 1.84. The second-order valence-corrected chi connectivity index (χ2v) is 5.49. The van der Waals surface area contributed by atoms with E-state index in [1.807, 2.05) is 17.2 Å². The molecule has 1 saturated carbocycles. The Bertz CT molecular complexity index is 438. The Labute approximate surface area is 102 Å². The largest absolute Gasteiger partial charge is 0.297 e. The molecule has 0 N–H and O–H groups in total. The normalized spacial score (nSPS) is 27.2. The highest BCUT2D eigenvalue weighted by atomic mass is 16.2. The fourth-order valence-corrected chi connectivity index (χ4v) is 2.60. The van der Waals surface area contributed by atoms with Gasteiger partial charge in [-0.3, -0.25) is 9.69 Å². The van der Waals surface area contributed by atoms with E-state index in [9.17, 15) is 4.79 Å². The molecule has 17 heavy (non-hydrogen) atoms. The average molecular weight is 230 g/mol. The number of aromatic nitrogens is 1. The number of nitrogens with zero attached hydrogens (tertiary/aromatic N) is 2. The smallest absolute Gasteiger partial charge is 0.231 e. The third-order valence-corrected chi connectivity index (χ3v) is 3.94. The summed E-state index contributed by atoms with van der Waals surface area (Å²) in [5.74, 6) is 2.57. The number of hydrogen-bond acceptors (Lipinski definition) is 2. The number of carbonyl (C=O) groups is 1. The van der Waals surface area contributed by atoms with Gasteiger partial charge in [0.05, 0.1) is 0 Å². The molecule has 0 aromatic carbocycles. The van der Waals surface area contributed by atoms with Crippen molar-refractivity contribution in [2.45, 2.75) is 32.6 Å². The molecule has 2 aliphatic rings. The van der Waals surface area contributed by atoms with Crippen molar-refractivity contribution in [1.29, 1.82) is 0 Å². The molecule has 2 fully saturated rings. The second-order valence-electron chi connectivity index (χ2n) is 5.49. The lowest BCUT2D eigenvalue weighted by Gasteiger charge is -2.25. The summed E-state index contributed by atoms with van der Waals surface area (Å²) < 4.78 is 0. The number of rotatable bonds is 2. The van der Waals surface area contributed by atoms with Gasteiger partial charge in [0.2, 0.25) is 5.91 Å². The summed E-state index contributed by atoms with van der Waals surface area (Å²) in [6.07, 6.45) is 4.13. The van der Waals surface area contributed by atoms with Crippen molar-refractivity contribution in [1.82, 2.24) is 4.98 Å². The molecule has 1 aromatic heterocycles. The first-order valence-electron chi connectivity index (χ1n) is 6.44. The summed E-state index contributed by atoms with van der Waals surface area (Å²) in [5, 5.41) is 0. The van der Waals surface area contributed by atoms with Crippen molar-refractivity contribution in [3.05, 3.63) is 23.9 Å². The minimum Gasteiger partial charge on any atom is -0.297 e. The average Bonchev–Trinajstić information content (AvgIpc) is 3.10. The summed E-state index contributed by atoms with van der Waals surface area (Å²) in [6.45, 7) is 5.14. The Hall–Kier alpha value is -1.38. The van der Waals surface area contributed by atoms with Crippen molar-refractivity contribution in [3.8, 4) is 0 Å². The highest BCUT2D eigenvalue weighted by molar-refractivity contribution is 5.96. The topological polar surface area (TPSA) is 33.2 Å². The van der Waals surface area contributed by atoms with Crippen LogP contribution in [0.1, 0.15) is 38.2 Å². The highest BCUT2D eigenvalue weighted by Gasteiger charge is 2.48. The van der Waals surface area contributed by atoms with Gasteiger partial charge >= 0.3 is 0 Å². The van der Waals surface area contributed by atoms with Crippen LogP contribution in [0, 0.1) is 11.8 Å². The molecule has 3 rings (SSSR count). The molecule has 2 atom stereocenters. The van der Waals surface area contributed by atoms with Crippen LogP contribution in [0.5, 0.6) is 0 Å². The SMILES string of the molecule is CC(C)c1ccc(N2CCC3CC3C2=O)nc1. The third-order valence-electron chi connectivity index (χ3n) is 3.94. The number of hydrogen-bond donors (Lipinski definition) is 0. The van der Waals surface area contributed by atoms with Gasteiger partial charge in [-0.05, 0) is 36.3 Å². The van der Waals surface area contributed by atoms with E-state index in [0.29, 0.717) is 17.8 Å². The zero-order chi connectivity index (χ0) is 12.0. The Kier molecular flexibility index (Phi) is 2.42. The Morgan fingerprint density at radius 3 is 2.88 bits per heavy atom. The first-order chi connectivity index (χ1) is 8.16. The molecule has 3 nitrogen and oxygen atoms in total. The van der Waals surface area contributed by atoms with Gasteiger partial charge < -0.3 is 0 Å². The van der Waals surface area contributed by atoms with E-state index in [4.69, 9.17) is 0 Å². The predicted molar refractivity (Wildman–Crippen MR) is 66.9 cm³/mol. The number of fused-ring (bicyclic) bond motifs is 1. The molecular weight excluding hydrogens is 212 g/mol. The maximum Gasteiger partial charge on any atom is 0.231 e. The number of pyridine rings is 1. The first-order valence-corrected chi connectivity index (χ1v) is 6.44. The predicted octanol–water partition coefficient (Wildman–Crippen LogP) is 2.58. The summed E-state index contributed by atoms with van der Waals surface area (Å²) in [4.78, 5) is 18.4. The molecule has 0 radical (unpaired) electrons. The Morgan fingerprint density at radius 1 is 1.41 bits per heavy atom. The van der Waals surface area contributed by atoms with Gasteiger partial charge in [0.1, 0.15) is 5.82 Å². The van der Waals surface area contributed by atoms with Crippen molar-refractivity contribution in [2.75, 3.05) is 11.4 Å². The van der Waals surface area contributed by atoms with Crippen LogP contribution < -0.4 is 4.90 Å². The van der Waals surface area contributed by atoms with Crippen LogP contribution in [0.2, 0.25) is 0 Å². The number of anilines is 1. The summed E-state index contributed by atoms with van der Waals surface area (Å²) in [7, 11) is 0. The van der Waals surface area contributed by atoms with E-state index >= 15 is 0 Å². The van der Waals surface area contributed by atoms with E-state index in [2.05, 4.69) is 24.9 Å². The lowest BCUT2D eigenvalue weighted by molar-refractivity contribution is -0.120. The van der Waals surface area contributed by atoms with Crippen LogP contribution in [0.15, 0.2) is 18.3 Å². The molecule has 1 aliphatic heterocycles. The monoisotopic (exact) mass is 230 g/mol. The van der Waals surface area contributed by atoms with E-state index in [-0.39, 0.29) is 5.91 Å². The van der Waals surface area contributed by atoms with Crippen LogP contribution in [-0.4, -0.2) is 17.4 Å². The molecule has 1 saturated heterocycles. The van der Waals surface area contributed by atoms with Crippen LogP contribution in [-0.2, 0) is 4.79 Å². The molecule has 1 aliphatic carbocycles. The van der Waals surface area contributed by atoms with Gasteiger partial charge in [0.15, 0.2) is 0 Å². The fraction of sp³-hybridized carbons (Fsp3) is 0.571. The van der Waals surface area contributed by atoms with E-state index < -0.39 is 0 Å². The van der Waals surface area contributed by atoms with E-state index in [1.54, 1.807) is 0 Å². The van der Waals surface area contributed by atoms with Crippen LogP contribution in [0.4, 0.5) is 5.82 Å². The van der Waals surface area contributed by atoms with Crippen LogP contribution in [0.3, 0.4) is 0 Å². The lowest BCUT2D eigenvalue weighted by Crippen LogP contribution is -2.37. The van der Waals surface area contributed by atoms with E-state index in [0.717, 1.165) is 25.2 Å². The molecule has 3 heteroatoms. The molecule has 1 aromatic rings. The molecule has 2 heterocycles. The quantitative estimate of drug-likeness (QED) is 0.782. The van der Waals surface area contributed by atoms with Gasteiger partial charge in [-0.25, -0.2) is 4.98 Å². The Balaban J connectivity index is 1.81. The highest BCUT2D eigenvalue weighted by Crippen LogP contribution is 2.46. The molecule has 2 unspecified atom stereocenters. The summed E-state index contributed by atoms with van der Waals surface area (Å²) >= 11 is 0. The summed E-state index contributed by atoms with van der Waals surface area (Å²) in [5.41, 5.74) is 1.22. The van der Waals surface area contributed by atoms with Crippen LogP contribution in [0.25, 0.3) is 0 Å². The van der Waals surface area contributed by atoms with Gasteiger partial charge in [-0.15, -0.1) is 0 Å². The molecular formula is C14H18N2O. The number of piperidine rings is 1. The minimum atomic E-state index is 0.283. The van der Waals surface area contributed by atoms with Crippen molar-refractivity contribution in [3.63, 3.8) is 0 Å². The van der Waals surface area contributed by atoms with Crippen molar-refractivity contribution in [2.24, 2.45) is 11.8 Å². The molecule has 1 amide bonds. The van der Waals surface area contributed by atoms with Crippen molar-refractivity contribution < 1.29 is 4.79 Å². The molecule has 0 spiro atoms. The van der Waals surface area contributed by atoms with E-state index in [1.165, 1.54) is 5.56 Å². The minimum absolute atomic E-state index is 0.283. The first kappa shape index (κ1) is 10.8. The van der Waals surface area contributed by atoms with Gasteiger partial charge in [-0.2, -0.15) is 0 Å². The maximum atomic E-state index is 12.1. The number of carbonyl (C=O) groups excluding carboxylic acids is 1. The standard InChI is InChI=1S/C14H18N2O/c1-9(2)11-3-4-13(15-8-11)16-6-5-10-7-12(10)14(16)17/h3-4,8-10,12H,5-7H2,1-2H3.